The number of hydrazine groups is 1. The number of aromatic nitrogens is 1. The second-order valence-electron chi connectivity index (χ2n) is 4.54. The van der Waals surface area contributed by atoms with Gasteiger partial charge in [-0.25, -0.2) is 5.84 Å². The number of nitrogen functional groups attached to an aromatic ring is 1. The third kappa shape index (κ3) is 3.49. The summed E-state index contributed by atoms with van der Waals surface area (Å²) in [5, 5.41) is 0. The number of hydrogen-bond donors (Lipinski definition) is 2. The Kier molecular flexibility index (Phi) is 4.73. The molecule has 0 fully saturated rings. The minimum Gasteiger partial charge on any atom is -0.495 e. The fourth-order valence-electron chi connectivity index (χ4n) is 2.01. The zero-order valence-corrected chi connectivity index (χ0v) is 12.0. The van der Waals surface area contributed by atoms with E-state index in [0.717, 1.165) is 17.1 Å². The molecule has 2 rings (SSSR count). The Morgan fingerprint density at radius 1 is 1.33 bits per heavy atom. The molecule has 1 aromatic heterocycles. The summed E-state index contributed by atoms with van der Waals surface area (Å²) in [5.74, 6) is 5.53. The maximum absolute atomic E-state index is 11.3. The summed E-state index contributed by atoms with van der Waals surface area (Å²) in [5.41, 5.74) is 4.33. The Bertz CT molecular complexity index is 613. The van der Waals surface area contributed by atoms with Crippen LogP contribution in [0.1, 0.15) is 16.1 Å². The molecule has 3 N–H and O–H groups in total. The molecule has 0 saturated carbocycles. The SMILES string of the molecule is COc1ccccc1N(C)Cc1ccc(C(=O)NN)cn1. The normalized spacial score (nSPS) is 10.0. The van der Waals surface area contributed by atoms with Crippen LogP contribution in [-0.4, -0.2) is 25.0 Å². The summed E-state index contributed by atoms with van der Waals surface area (Å²) in [6.45, 7) is 0.602. The van der Waals surface area contributed by atoms with E-state index < -0.39 is 0 Å². The van der Waals surface area contributed by atoms with Crippen molar-refractivity contribution >= 4 is 11.6 Å². The molecule has 0 unspecified atom stereocenters. The van der Waals surface area contributed by atoms with Gasteiger partial charge in [-0.15, -0.1) is 0 Å². The number of nitrogens with zero attached hydrogens (tertiary/aromatic N) is 2. The number of rotatable bonds is 5. The number of para-hydroxylation sites is 2. The van der Waals surface area contributed by atoms with Gasteiger partial charge < -0.3 is 9.64 Å². The summed E-state index contributed by atoms with van der Waals surface area (Å²) in [4.78, 5) is 17.7. The van der Waals surface area contributed by atoms with Gasteiger partial charge in [0, 0.05) is 13.2 Å². The van der Waals surface area contributed by atoms with Crippen molar-refractivity contribution in [1.82, 2.24) is 10.4 Å². The van der Waals surface area contributed by atoms with E-state index in [9.17, 15) is 4.79 Å². The van der Waals surface area contributed by atoms with Gasteiger partial charge in [0.1, 0.15) is 5.75 Å². The fraction of sp³-hybridized carbons (Fsp3) is 0.200. The monoisotopic (exact) mass is 286 g/mol. The standard InChI is InChI=1S/C15H18N4O2/c1-19(13-5-3-4-6-14(13)21-2)10-12-8-7-11(9-17-12)15(20)18-16/h3-9H,10,16H2,1-2H3,(H,18,20). The average Bonchev–Trinajstić information content (AvgIpc) is 2.54. The molecule has 0 atom stereocenters. The number of anilines is 1. The van der Waals surface area contributed by atoms with Crippen molar-refractivity contribution in [1.29, 1.82) is 0 Å². The van der Waals surface area contributed by atoms with Gasteiger partial charge in [0.25, 0.3) is 5.91 Å². The van der Waals surface area contributed by atoms with Crippen LogP contribution in [0.25, 0.3) is 0 Å². The van der Waals surface area contributed by atoms with Crippen LogP contribution in [0.3, 0.4) is 0 Å². The Labute approximate surface area is 123 Å². The fourth-order valence-corrected chi connectivity index (χ4v) is 2.01. The number of nitrogens with two attached hydrogens (primary N) is 1. The average molecular weight is 286 g/mol. The van der Waals surface area contributed by atoms with E-state index in [2.05, 4.69) is 10.4 Å². The van der Waals surface area contributed by atoms with E-state index in [1.807, 2.05) is 36.2 Å². The smallest absolute Gasteiger partial charge is 0.266 e. The predicted molar refractivity (Wildman–Crippen MR) is 81.0 cm³/mol. The van der Waals surface area contributed by atoms with Gasteiger partial charge in [0.05, 0.1) is 30.6 Å². The van der Waals surface area contributed by atoms with Crippen molar-refractivity contribution in [3.8, 4) is 5.75 Å². The second kappa shape index (κ2) is 6.71. The highest BCUT2D eigenvalue weighted by molar-refractivity contribution is 5.93. The summed E-state index contributed by atoms with van der Waals surface area (Å²) in [6, 6.07) is 11.3. The molecule has 1 heterocycles. The van der Waals surface area contributed by atoms with Gasteiger partial charge in [-0.05, 0) is 24.3 Å². The summed E-state index contributed by atoms with van der Waals surface area (Å²) in [7, 11) is 3.60. The lowest BCUT2D eigenvalue weighted by Crippen LogP contribution is -2.30. The summed E-state index contributed by atoms with van der Waals surface area (Å²) >= 11 is 0. The van der Waals surface area contributed by atoms with Gasteiger partial charge in [-0.1, -0.05) is 12.1 Å². The molecule has 0 aliphatic rings. The molecule has 21 heavy (non-hydrogen) atoms. The number of ether oxygens (including phenoxy) is 1. The van der Waals surface area contributed by atoms with Crippen molar-refractivity contribution in [2.75, 3.05) is 19.1 Å². The molecule has 0 bridgehead atoms. The number of carbonyl (C=O) groups is 1. The van der Waals surface area contributed by atoms with Gasteiger partial charge in [0.15, 0.2) is 0 Å². The van der Waals surface area contributed by atoms with E-state index >= 15 is 0 Å². The molecule has 0 radical (unpaired) electrons. The highest BCUT2D eigenvalue weighted by Gasteiger charge is 2.09. The summed E-state index contributed by atoms with van der Waals surface area (Å²) < 4.78 is 5.34. The Morgan fingerprint density at radius 3 is 2.71 bits per heavy atom. The first-order valence-corrected chi connectivity index (χ1v) is 6.45. The maximum atomic E-state index is 11.3. The first-order chi connectivity index (χ1) is 10.2. The number of methoxy groups -OCH3 is 1. The second-order valence-corrected chi connectivity index (χ2v) is 4.54. The van der Waals surface area contributed by atoms with Crippen LogP contribution in [-0.2, 0) is 6.54 Å². The number of hydrogen-bond acceptors (Lipinski definition) is 5. The van der Waals surface area contributed by atoms with E-state index in [1.165, 1.54) is 6.20 Å². The zero-order chi connectivity index (χ0) is 15.2. The molecule has 6 nitrogen and oxygen atoms in total. The molecule has 110 valence electrons. The topological polar surface area (TPSA) is 80.5 Å². The highest BCUT2D eigenvalue weighted by Crippen LogP contribution is 2.27. The molecule has 0 saturated heterocycles. The van der Waals surface area contributed by atoms with Crippen molar-refractivity contribution in [2.45, 2.75) is 6.54 Å². The number of benzene rings is 1. The van der Waals surface area contributed by atoms with E-state index in [0.29, 0.717) is 12.1 Å². The van der Waals surface area contributed by atoms with E-state index in [4.69, 9.17) is 10.6 Å². The lowest BCUT2D eigenvalue weighted by Gasteiger charge is -2.21. The van der Waals surface area contributed by atoms with Crippen molar-refractivity contribution in [3.63, 3.8) is 0 Å². The molecular formula is C15H18N4O2. The molecule has 1 aromatic carbocycles. The van der Waals surface area contributed by atoms with Crippen LogP contribution in [0.5, 0.6) is 5.75 Å². The lowest BCUT2D eigenvalue weighted by molar-refractivity contribution is 0.0953. The zero-order valence-electron chi connectivity index (χ0n) is 12.0. The first kappa shape index (κ1) is 14.8. The van der Waals surface area contributed by atoms with Crippen LogP contribution in [0.2, 0.25) is 0 Å². The van der Waals surface area contributed by atoms with Crippen LogP contribution < -0.4 is 20.9 Å². The van der Waals surface area contributed by atoms with Gasteiger partial charge in [0.2, 0.25) is 0 Å². The maximum Gasteiger partial charge on any atom is 0.266 e. The number of amides is 1. The lowest BCUT2D eigenvalue weighted by atomic mass is 10.2. The van der Waals surface area contributed by atoms with Crippen LogP contribution in [0.15, 0.2) is 42.6 Å². The quantitative estimate of drug-likeness (QED) is 0.492. The van der Waals surface area contributed by atoms with Crippen LogP contribution >= 0.6 is 0 Å². The van der Waals surface area contributed by atoms with Gasteiger partial charge in [-0.3, -0.25) is 15.2 Å². The minimum atomic E-state index is -0.355. The highest BCUT2D eigenvalue weighted by atomic mass is 16.5. The van der Waals surface area contributed by atoms with Gasteiger partial charge in [-0.2, -0.15) is 0 Å². The molecular weight excluding hydrogens is 268 g/mol. The molecule has 6 heteroatoms. The predicted octanol–water partition coefficient (Wildman–Crippen LogP) is 1.33. The molecule has 2 aromatic rings. The Hall–Kier alpha value is -2.60. The van der Waals surface area contributed by atoms with Crippen molar-refractivity contribution in [3.05, 3.63) is 53.9 Å². The number of carbonyl (C=O) groups excluding carboxylic acids is 1. The Balaban J connectivity index is 2.12. The van der Waals surface area contributed by atoms with Crippen molar-refractivity contribution in [2.24, 2.45) is 5.84 Å². The van der Waals surface area contributed by atoms with Crippen LogP contribution in [0.4, 0.5) is 5.69 Å². The van der Waals surface area contributed by atoms with Crippen LogP contribution in [0, 0.1) is 0 Å². The van der Waals surface area contributed by atoms with Crippen molar-refractivity contribution < 1.29 is 9.53 Å². The third-order valence-electron chi connectivity index (χ3n) is 3.11. The minimum absolute atomic E-state index is 0.355. The largest absolute Gasteiger partial charge is 0.495 e. The van der Waals surface area contributed by atoms with Gasteiger partial charge >= 0.3 is 0 Å². The molecule has 1 amide bonds. The molecule has 0 aliphatic heterocycles. The number of nitrogens with one attached hydrogen (secondary N) is 1. The Morgan fingerprint density at radius 2 is 2.10 bits per heavy atom. The number of pyridine rings is 1. The first-order valence-electron chi connectivity index (χ1n) is 6.45. The molecule has 0 aliphatic carbocycles. The van der Waals surface area contributed by atoms with E-state index in [1.54, 1.807) is 19.2 Å². The van der Waals surface area contributed by atoms with E-state index in [-0.39, 0.29) is 5.91 Å². The summed E-state index contributed by atoms with van der Waals surface area (Å²) in [6.07, 6.45) is 1.51. The molecule has 0 spiro atoms. The third-order valence-corrected chi connectivity index (χ3v) is 3.11.